The number of ether oxygens (including phenoxy) is 2. The van der Waals surface area contributed by atoms with E-state index in [1.807, 2.05) is 0 Å². The van der Waals surface area contributed by atoms with Crippen LogP contribution in [0, 0.1) is 13.8 Å². The number of fused-ring (bicyclic) bond motifs is 1. The smallest absolute Gasteiger partial charge is 0.342 e. The van der Waals surface area contributed by atoms with Crippen LogP contribution in [0.1, 0.15) is 42.7 Å². The summed E-state index contributed by atoms with van der Waals surface area (Å²) in [6.45, 7) is 8.97. The normalized spacial score (nSPS) is 12.0. The number of esters is 2. The number of aromatic nitrogens is 2. The molecule has 2 rings (SSSR count). The monoisotopic (exact) mass is 335 g/mol. The Kier molecular flexibility index (Phi) is 5.38. The number of furan rings is 1. The molecule has 0 amide bonds. The van der Waals surface area contributed by atoms with Crippen LogP contribution in [0.3, 0.4) is 0 Å². The largest absolute Gasteiger partial charge is 0.464 e. The topological polar surface area (TPSA) is 104 Å². The van der Waals surface area contributed by atoms with E-state index in [1.165, 1.54) is 0 Å². The molecule has 8 heteroatoms. The zero-order valence-corrected chi connectivity index (χ0v) is 14.4. The number of aryl methyl sites for hydroxylation is 2. The van der Waals surface area contributed by atoms with Crippen molar-refractivity contribution in [3.63, 3.8) is 0 Å². The summed E-state index contributed by atoms with van der Waals surface area (Å²) >= 11 is 0. The summed E-state index contributed by atoms with van der Waals surface area (Å²) < 4.78 is 15.6. The Morgan fingerprint density at radius 3 is 2.46 bits per heavy atom. The molecule has 0 radical (unpaired) electrons. The maximum Gasteiger partial charge on any atom is 0.342 e. The van der Waals surface area contributed by atoms with E-state index in [9.17, 15) is 9.59 Å². The van der Waals surface area contributed by atoms with Gasteiger partial charge in [-0.3, -0.25) is 0 Å². The summed E-state index contributed by atoms with van der Waals surface area (Å²) in [5, 5.41) is 3.36. The molecule has 1 N–H and O–H groups in total. The van der Waals surface area contributed by atoms with Crippen LogP contribution in [0.15, 0.2) is 4.42 Å². The first-order valence-corrected chi connectivity index (χ1v) is 7.77. The van der Waals surface area contributed by atoms with Crippen molar-refractivity contribution >= 4 is 28.9 Å². The van der Waals surface area contributed by atoms with Crippen LogP contribution in [0.5, 0.6) is 0 Å². The van der Waals surface area contributed by atoms with Gasteiger partial charge in [0.2, 0.25) is 5.71 Å². The van der Waals surface area contributed by atoms with E-state index in [0.29, 0.717) is 22.8 Å². The molecule has 1 unspecified atom stereocenters. The summed E-state index contributed by atoms with van der Waals surface area (Å²) in [4.78, 5) is 32.6. The average Bonchev–Trinajstić information content (AvgIpc) is 2.83. The lowest BCUT2D eigenvalue weighted by molar-refractivity contribution is -0.143. The Morgan fingerprint density at radius 2 is 1.83 bits per heavy atom. The number of nitrogens with zero attached hydrogens (tertiary/aromatic N) is 2. The van der Waals surface area contributed by atoms with Gasteiger partial charge < -0.3 is 19.2 Å². The predicted molar refractivity (Wildman–Crippen MR) is 87.0 cm³/mol. The molecule has 0 bridgehead atoms. The van der Waals surface area contributed by atoms with Gasteiger partial charge in [-0.05, 0) is 34.6 Å². The molecule has 2 aromatic rings. The SMILES string of the molecule is CCOC(=O)c1c(C)oc2nc(C)nc(NC(C)C(=O)OCC)c12. The highest BCUT2D eigenvalue weighted by atomic mass is 16.5. The number of hydrogen-bond acceptors (Lipinski definition) is 8. The Labute approximate surface area is 139 Å². The molecule has 130 valence electrons. The van der Waals surface area contributed by atoms with Crippen molar-refractivity contribution in [2.75, 3.05) is 18.5 Å². The van der Waals surface area contributed by atoms with Gasteiger partial charge in [0, 0.05) is 0 Å². The third kappa shape index (κ3) is 3.47. The lowest BCUT2D eigenvalue weighted by Crippen LogP contribution is -2.29. The fourth-order valence-corrected chi connectivity index (χ4v) is 2.30. The number of carbonyl (C=O) groups is 2. The molecule has 0 fully saturated rings. The molecule has 1 atom stereocenters. The fraction of sp³-hybridized carbons (Fsp3) is 0.500. The highest BCUT2D eigenvalue weighted by molar-refractivity contribution is 6.08. The number of hydrogen-bond donors (Lipinski definition) is 1. The van der Waals surface area contributed by atoms with Gasteiger partial charge in [0.25, 0.3) is 0 Å². The van der Waals surface area contributed by atoms with Gasteiger partial charge in [-0.15, -0.1) is 0 Å². The number of nitrogens with one attached hydrogen (secondary N) is 1. The van der Waals surface area contributed by atoms with E-state index in [1.54, 1.807) is 34.6 Å². The molecule has 2 heterocycles. The van der Waals surface area contributed by atoms with Gasteiger partial charge in [-0.25, -0.2) is 14.6 Å². The number of rotatable bonds is 6. The van der Waals surface area contributed by atoms with E-state index >= 15 is 0 Å². The first kappa shape index (κ1) is 17.7. The summed E-state index contributed by atoms with van der Waals surface area (Å²) in [6.07, 6.45) is 0. The van der Waals surface area contributed by atoms with Gasteiger partial charge in [-0.2, -0.15) is 4.98 Å². The number of anilines is 1. The molecule has 0 saturated heterocycles. The van der Waals surface area contributed by atoms with Gasteiger partial charge in [0.15, 0.2) is 0 Å². The van der Waals surface area contributed by atoms with Crippen molar-refractivity contribution in [2.24, 2.45) is 0 Å². The second kappa shape index (κ2) is 7.29. The lowest BCUT2D eigenvalue weighted by Gasteiger charge is -2.14. The van der Waals surface area contributed by atoms with Crippen LogP contribution < -0.4 is 5.32 Å². The van der Waals surface area contributed by atoms with Crippen molar-refractivity contribution in [1.29, 1.82) is 0 Å². The Morgan fingerprint density at radius 1 is 1.17 bits per heavy atom. The van der Waals surface area contributed by atoms with E-state index in [-0.39, 0.29) is 24.5 Å². The standard InChI is InChI=1S/C16H21N3O5/c1-6-22-15(20)8(3)17-13-12-11(16(21)23-7-2)9(4)24-14(12)19-10(5)18-13/h8H,6-7H2,1-5H3,(H,17,18,19). The Balaban J connectivity index is 2.52. The summed E-state index contributed by atoms with van der Waals surface area (Å²) in [7, 11) is 0. The lowest BCUT2D eigenvalue weighted by atomic mass is 10.1. The zero-order chi connectivity index (χ0) is 17.9. The third-order valence-corrected chi connectivity index (χ3v) is 3.31. The van der Waals surface area contributed by atoms with Crippen molar-refractivity contribution in [3.8, 4) is 0 Å². The third-order valence-electron chi connectivity index (χ3n) is 3.31. The highest BCUT2D eigenvalue weighted by Crippen LogP contribution is 2.30. The zero-order valence-electron chi connectivity index (χ0n) is 14.4. The van der Waals surface area contributed by atoms with Crippen LogP contribution in [0.4, 0.5) is 5.82 Å². The van der Waals surface area contributed by atoms with E-state index in [2.05, 4.69) is 15.3 Å². The van der Waals surface area contributed by atoms with E-state index in [4.69, 9.17) is 13.9 Å². The van der Waals surface area contributed by atoms with Crippen LogP contribution in [0.2, 0.25) is 0 Å². The van der Waals surface area contributed by atoms with Gasteiger partial charge in [0.1, 0.15) is 29.0 Å². The van der Waals surface area contributed by atoms with Gasteiger partial charge in [0.05, 0.1) is 18.6 Å². The van der Waals surface area contributed by atoms with Crippen molar-refractivity contribution in [1.82, 2.24) is 9.97 Å². The van der Waals surface area contributed by atoms with Crippen LogP contribution in [-0.2, 0) is 14.3 Å². The van der Waals surface area contributed by atoms with Crippen molar-refractivity contribution in [3.05, 3.63) is 17.1 Å². The fourth-order valence-electron chi connectivity index (χ4n) is 2.30. The maximum absolute atomic E-state index is 12.2. The van der Waals surface area contributed by atoms with E-state index < -0.39 is 18.0 Å². The first-order valence-electron chi connectivity index (χ1n) is 7.77. The summed E-state index contributed by atoms with van der Waals surface area (Å²) in [5.74, 6) is 0.228. The minimum Gasteiger partial charge on any atom is -0.464 e. The molecule has 0 aromatic carbocycles. The molecule has 2 aromatic heterocycles. The average molecular weight is 335 g/mol. The molecular formula is C16H21N3O5. The summed E-state index contributed by atoms with van der Waals surface area (Å²) in [5.41, 5.74) is 0.520. The molecule has 0 aliphatic carbocycles. The minimum absolute atomic E-state index is 0.236. The second-order valence-corrected chi connectivity index (χ2v) is 5.17. The number of carbonyl (C=O) groups excluding carboxylic acids is 2. The summed E-state index contributed by atoms with van der Waals surface area (Å²) in [6, 6.07) is -0.646. The van der Waals surface area contributed by atoms with Crippen LogP contribution in [0.25, 0.3) is 11.1 Å². The highest BCUT2D eigenvalue weighted by Gasteiger charge is 2.26. The molecule has 8 nitrogen and oxygen atoms in total. The Bertz CT molecular complexity index is 769. The second-order valence-electron chi connectivity index (χ2n) is 5.17. The van der Waals surface area contributed by atoms with Crippen LogP contribution >= 0.6 is 0 Å². The maximum atomic E-state index is 12.2. The molecule has 24 heavy (non-hydrogen) atoms. The Hall–Kier alpha value is -2.64. The van der Waals surface area contributed by atoms with Gasteiger partial charge in [-0.1, -0.05) is 0 Å². The predicted octanol–water partition coefficient (Wildman–Crippen LogP) is 2.38. The molecular weight excluding hydrogens is 314 g/mol. The van der Waals surface area contributed by atoms with Crippen LogP contribution in [-0.4, -0.2) is 41.2 Å². The molecule has 0 aliphatic rings. The molecule has 0 aliphatic heterocycles. The molecule has 0 spiro atoms. The van der Waals surface area contributed by atoms with Gasteiger partial charge >= 0.3 is 11.9 Å². The first-order chi connectivity index (χ1) is 11.4. The van der Waals surface area contributed by atoms with Crippen molar-refractivity contribution < 1.29 is 23.5 Å². The quantitative estimate of drug-likeness (QED) is 0.803. The van der Waals surface area contributed by atoms with E-state index in [0.717, 1.165) is 0 Å². The minimum atomic E-state index is -0.646. The van der Waals surface area contributed by atoms with Crippen molar-refractivity contribution in [2.45, 2.75) is 40.7 Å². The molecule has 0 saturated carbocycles.